The molecule has 0 saturated carbocycles. The number of nitrogens with two attached hydrogens (primary N) is 1. The molecule has 3 N–H and O–H groups in total. The topological polar surface area (TPSA) is 152 Å². The van der Waals surface area contributed by atoms with E-state index in [0.717, 1.165) is 0 Å². The Balaban J connectivity index is 1.88. The first-order valence-electron chi connectivity index (χ1n) is 13.1. The summed E-state index contributed by atoms with van der Waals surface area (Å²) in [6.07, 6.45) is -0.388. The van der Waals surface area contributed by atoms with Crippen LogP contribution in [-0.2, 0) is 20.5 Å². The number of nitro groups is 1. The Bertz CT molecular complexity index is 1240. The number of rotatable bonds is 9. The second kappa shape index (κ2) is 11.5. The Hall–Kier alpha value is -2.64. The number of ether oxygens (including phenoxy) is 2. The smallest absolute Gasteiger partial charge is 0.351 e. The monoisotopic (exact) mass is 562 g/mol. The molecule has 216 valence electrons. The number of hydrogen-bond donors (Lipinski definition) is 2. The van der Waals surface area contributed by atoms with Crippen LogP contribution in [0.4, 0.5) is 11.5 Å². The number of anilines is 1. The van der Waals surface area contributed by atoms with Crippen molar-refractivity contribution in [1.82, 2.24) is 9.55 Å². The zero-order valence-corrected chi connectivity index (χ0v) is 25.1. The number of nitrogen functional groups attached to an aromatic ring is 1. The molecule has 1 aromatic heterocycles. The Morgan fingerprint density at radius 3 is 2.46 bits per heavy atom. The van der Waals surface area contributed by atoms with Crippen molar-refractivity contribution < 1.29 is 23.9 Å². The number of aliphatic hydroxyl groups excluding tert-OH is 1. The molecule has 0 amide bonds. The van der Waals surface area contributed by atoms with Gasteiger partial charge in [0.2, 0.25) is 0 Å². The summed E-state index contributed by atoms with van der Waals surface area (Å²) in [5, 5.41) is 21.6. The molecule has 12 heteroatoms. The van der Waals surface area contributed by atoms with Crippen LogP contribution in [0, 0.1) is 15.5 Å². The van der Waals surface area contributed by atoms with Crippen molar-refractivity contribution in [3.63, 3.8) is 0 Å². The van der Waals surface area contributed by atoms with Gasteiger partial charge in [-0.3, -0.25) is 14.7 Å². The molecule has 3 rings (SSSR count). The lowest BCUT2D eigenvalue weighted by Gasteiger charge is -2.39. The van der Waals surface area contributed by atoms with Gasteiger partial charge in [0.25, 0.3) is 5.69 Å². The third kappa shape index (κ3) is 6.93. The minimum Gasteiger partial charge on any atom is -0.411 e. The van der Waals surface area contributed by atoms with Gasteiger partial charge in [0.1, 0.15) is 18.1 Å². The molecule has 39 heavy (non-hydrogen) atoms. The van der Waals surface area contributed by atoms with E-state index in [9.17, 15) is 20.0 Å². The van der Waals surface area contributed by atoms with Crippen LogP contribution in [-0.4, -0.2) is 46.7 Å². The summed E-state index contributed by atoms with van der Waals surface area (Å²) in [6.45, 7) is 16.2. The van der Waals surface area contributed by atoms with E-state index in [-0.39, 0.29) is 35.9 Å². The Morgan fingerprint density at radius 1 is 1.26 bits per heavy atom. The quantitative estimate of drug-likeness (QED) is 0.251. The van der Waals surface area contributed by atoms with Crippen molar-refractivity contribution >= 4 is 19.8 Å². The first-order chi connectivity index (χ1) is 18.0. The highest BCUT2D eigenvalue weighted by Crippen LogP contribution is 2.42. The van der Waals surface area contributed by atoms with Gasteiger partial charge in [-0.25, -0.2) is 4.79 Å². The SMILES string of the molecule is CC(C)(C)[C@H](OCc1cn([C@H]2C[C@@H](O[Si](C)(C)C(C)(C)C)[C@@H](CO)O2)c(=O)nc1N)c1ccccc1[N+](=O)[O-]. The number of benzene rings is 1. The number of nitro benzene ring substituents is 1. The van der Waals surface area contributed by atoms with E-state index in [1.807, 2.05) is 20.8 Å². The van der Waals surface area contributed by atoms with Gasteiger partial charge in [-0.05, 0) is 29.6 Å². The van der Waals surface area contributed by atoms with E-state index in [1.54, 1.807) is 24.4 Å². The zero-order valence-electron chi connectivity index (χ0n) is 24.1. The van der Waals surface area contributed by atoms with Crippen molar-refractivity contribution in [1.29, 1.82) is 0 Å². The molecule has 2 heterocycles. The van der Waals surface area contributed by atoms with Crippen LogP contribution < -0.4 is 11.4 Å². The summed E-state index contributed by atoms with van der Waals surface area (Å²) in [7, 11) is -2.16. The average Bonchev–Trinajstić information content (AvgIpc) is 3.20. The Kier molecular flexibility index (Phi) is 9.07. The van der Waals surface area contributed by atoms with E-state index in [0.29, 0.717) is 17.5 Å². The predicted octanol–water partition coefficient (Wildman–Crippen LogP) is 4.71. The van der Waals surface area contributed by atoms with E-state index in [2.05, 4.69) is 38.8 Å². The van der Waals surface area contributed by atoms with Crippen LogP contribution in [0.2, 0.25) is 18.1 Å². The largest absolute Gasteiger partial charge is 0.411 e. The van der Waals surface area contributed by atoms with Gasteiger partial charge in [-0.1, -0.05) is 53.7 Å². The van der Waals surface area contributed by atoms with Crippen molar-refractivity contribution in [2.24, 2.45) is 5.41 Å². The molecular weight excluding hydrogens is 520 g/mol. The van der Waals surface area contributed by atoms with E-state index in [1.165, 1.54) is 10.6 Å². The van der Waals surface area contributed by atoms with Crippen molar-refractivity contribution in [3.05, 3.63) is 62.2 Å². The fourth-order valence-electron chi connectivity index (χ4n) is 4.41. The molecule has 1 fully saturated rings. The summed E-state index contributed by atoms with van der Waals surface area (Å²) in [5.74, 6) is 0.0113. The normalized spacial score (nSPS) is 21.2. The standard InChI is InChI=1S/C27H42N4O7Si/c1-26(2,3)23(18-11-9-10-12-19(18)31(34)35)36-16-17-14-30(25(33)29-24(17)28)22-13-20(21(15-32)37-22)38-39(7,8)27(4,5)6/h9-12,14,20-23,32H,13,15-16H2,1-8H3,(H2,28,29,33)/t20-,21-,22-,23-/m1/s1. The van der Waals surface area contributed by atoms with Gasteiger partial charge in [0, 0.05) is 24.2 Å². The van der Waals surface area contributed by atoms with E-state index < -0.39 is 42.8 Å². The number of hydrogen-bond acceptors (Lipinski definition) is 9. The molecule has 0 radical (unpaired) electrons. The fraction of sp³-hybridized carbons (Fsp3) is 0.630. The maximum absolute atomic E-state index is 12.8. The maximum Gasteiger partial charge on any atom is 0.351 e. The predicted molar refractivity (Wildman–Crippen MR) is 151 cm³/mol. The minimum absolute atomic E-state index is 0.0113. The van der Waals surface area contributed by atoms with Crippen LogP contribution in [0.15, 0.2) is 35.3 Å². The van der Waals surface area contributed by atoms with Crippen LogP contribution in [0.5, 0.6) is 0 Å². The summed E-state index contributed by atoms with van der Waals surface area (Å²) >= 11 is 0. The lowest BCUT2D eigenvalue weighted by Crippen LogP contribution is -2.46. The highest BCUT2D eigenvalue weighted by Gasteiger charge is 2.45. The van der Waals surface area contributed by atoms with Crippen LogP contribution in [0.1, 0.15) is 71.4 Å². The molecule has 0 bridgehead atoms. The van der Waals surface area contributed by atoms with Gasteiger partial charge in [0.15, 0.2) is 8.32 Å². The average molecular weight is 563 g/mol. The van der Waals surface area contributed by atoms with Gasteiger partial charge in [0.05, 0.1) is 35.9 Å². The first-order valence-corrected chi connectivity index (χ1v) is 16.0. The molecule has 1 aromatic carbocycles. The summed E-state index contributed by atoms with van der Waals surface area (Å²) in [4.78, 5) is 28.1. The van der Waals surface area contributed by atoms with Gasteiger partial charge in [-0.15, -0.1) is 0 Å². The third-order valence-electron chi connectivity index (χ3n) is 7.59. The molecule has 0 aliphatic carbocycles. The molecule has 11 nitrogen and oxygen atoms in total. The van der Waals surface area contributed by atoms with Gasteiger partial charge in [-0.2, -0.15) is 4.98 Å². The molecule has 1 saturated heterocycles. The van der Waals surface area contributed by atoms with E-state index in [4.69, 9.17) is 19.6 Å². The summed E-state index contributed by atoms with van der Waals surface area (Å²) in [5.41, 5.74) is 5.89. The molecule has 2 aromatic rings. The van der Waals surface area contributed by atoms with Gasteiger partial charge >= 0.3 is 5.69 Å². The summed E-state index contributed by atoms with van der Waals surface area (Å²) < 4.78 is 20.2. The lowest BCUT2D eigenvalue weighted by atomic mass is 9.84. The van der Waals surface area contributed by atoms with Crippen LogP contribution in [0.25, 0.3) is 0 Å². The molecule has 1 aliphatic heterocycles. The van der Waals surface area contributed by atoms with Crippen LogP contribution in [0.3, 0.4) is 0 Å². The number of aromatic nitrogens is 2. The minimum atomic E-state index is -2.16. The van der Waals surface area contributed by atoms with Crippen molar-refractivity contribution in [2.45, 2.75) is 97.2 Å². The molecule has 0 spiro atoms. The van der Waals surface area contributed by atoms with Crippen molar-refractivity contribution in [2.75, 3.05) is 12.3 Å². The number of aliphatic hydroxyl groups is 1. The number of para-hydroxylation sites is 1. The highest BCUT2D eigenvalue weighted by atomic mass is 28.4. The second-order valence-corrected chi connectivity index (χ2v) is 17.4. The lowest BCUT2D eigenvalue weighted by molar-refractivity contribution is -0.386. The third-order valence-corrected chi connectivity index (χ3v) is 12.1. The first kappa shape index (κ1) is 30.9. The molecule has 1 aliphatic rings. The second-order valence-electron chi connectivity index (χ2n) is 12.7. The van der Waals surface area contributed by atoms with Crippen LogP contribution >= 0.6 is 0 Å². The van der Waals surface area contributed by atoms with Crippen molar-refractivity contribution in [3.8, 4) is 0 Å². The Morgan fingerprint density at radius 2 is 1.90 bits per heavy atom. The maximum atomic E-state index is 12.8. The fourth-order valence-corrected chi connectivity index (χ4v) is 5.77. The number of nitrogens with zero attached hydrogens (tertiary/aromatic N) is 3. The molecular formula is C27H42N4O7Si. The molecule has 4 atom stereocenters. The highest BCUT2D eigenvalue weighted by molar-refractivity contribution is 6.74. The van der Waals surface area contributed by atoms with E-state index >= 15 is 0 Å². The Labute approximate surface area is 230 Å². The van der Waals surface area contributed by atoms with Gasteiger partial charge < -0.3 is 24.7 Å². The summed E-state index contributed by atoms with van der Waals surface area (Å²) in [6, 6.07) is 6.48. The molecule has 0 unspecified atom stereocenters. The zero-order chi connectivity index (χ0) is 29.3.